The maximum atomic E-state index is 12.4. The van der Waals surface area contributed by atoms with E-state index in [0.29, 0.717) is 6.04 Å². The Balaban J connectivity index is 1.83. The van der Waals surface area contributed by atoms with Crippen molar-refractivity contribution in [3.05, 3.63) is 46.4 Å². The van der Waals surface area contributed by atoms with Gasteiger partial charge in [0.25, 0.3) is 5.91 Å². The fraction of sp³-hybridized carbons (Fsp3) is 0.250. The number of aromatic nitrogens is 2. The molecule has 0 saturated heterocycles. The summed E-state index contributed by atoms with van der Waals surface area (Å²) < 4.78 is 2.06. The third kappa shape index (κ3) is 2.14. The number of rotatable bonds is 3. The Morgan fingerprint density at radius 3 is 2.95 bits per heavy atom. The lowest BCUT2D eigenvalue weighted by molar-refractivity contribution is 0.0951. The summed E-state index contributed by atoms with van der Waals surface area (Å²) in [7, 11) is 0. The number of nitrogens with zero attached hydrogens (tertiary/aromatic N) is 2. The minimum atomic E-state index is 0.0194. The van der Waals surface area contributed by atoms with Gasteiger partial charge in [-0.15, -0.1) is 11.3 Å². The second kappa shape index (κ2) is 4.70. The second-order valence-corrected chi connectivity index (χ2v) is 6.15. The number of fused-ring (bicyclic) bond motifs is 1. The monoisotopic (exact) mass is 297 g/mol. The predicted molar refractivity (Wildman–Crippen MR) is 84.2 cm³/mol. The van der Waals surface area contributed by atoms with E-state index in [-0.39, 0.29) is 5.91 Å². The minimum Gasteiger partial charge on any atom is -0.349 e. The van der Waals surface area contributed by atoms with Crippen LogP contribution in [0.4, 0.5) is 0 Å². The van der Waals surface area contributed by atoms with Crippen molar-refractivity contribution in [2.45, 2.75) is 25.8 Å². The Labute approximate surface area is 126 Å². The molecule has 1 aliphatic carbocycles. The van der Waals surface area contributed by atoms with Gasteiger partial charge in [-0.3, -0.25) is 9.36 Å². The van der Waals surface area contributed by atoms with Gasteiger partial charge in [-0.25, -0.2) is 4.98 Å². The van der Waals surface area contributed by atoms with Gasteiger partial charge < -0.3 is 5.32 Å². The molecule has 1 N–H and O–H groups in total. The smallest absolute Gasteiger partial charge is 0.254 e. The van der Waals surface area contributed by atoms with Crippen molar-refractivity contribution in [1.82, 2.24) is 14.9 Å². The number of carbonyl (C=O) groups is 1. The van der Waals surface area contributed by atoms with Crippen molar-refractivity contribution in [3.8, 4) is 5.69 Å². The van der Waals surface area contributed by atoms with Gasteiger partial charge in [0.05, 0.1) is 22.3 Å². The number of aryl methyl sites for hydroxylation is 1. The first-order chi connectivity index (χ1) is 10.2. The van der Waals surface area contributed by atoms with E-state index in [1.54, 1.807) is 11.3 Å². The molecule has 0 aliphatic heterocycles. The molecule has 1 aliphatic rings. The molecule has 3 aromatic rings. The molecular formula is C16H15N3OS. The van der Waals surface area contributed by atoms with Gasteiger partial charge in [-0.2, -0.15) is 0 Å². The van der Waals surface area contributed by atoms with Gasteiger partial charge >= 0.3 is 0 Å². The number of benzene rings is 1. The number of hydrogen-bond donors (Lipinski definition) is 1. The van der Waals surface area contributed by atoms with Gasteiger partial charge in [-0.1, -0.05) is 12.1 Å². The highest BCUT2D eigenvalue weighted by atomic mass is 32.1. The van der Waals surface area contributed by atoms with Crippen LogP contribution in [0.3, 0.4) is 0 Å². The van der Waals surface area contributed by atoms with Crippen LogP contribution in [0.1, 0.15) is 29.0 Å². The SMILES string of the molecule is Cc1nc2ccccc2n1-c1cscc1C(=O)NC1CC1. The number of para-hydroxylation sites is 2. The second-order valence-electron chi connectivity index (χ2n) is 5.40. The lowest BCUT2D eigenvalue weighted by Gasteiger charge is -2.08. The molecule has 1 aromatic carbocycles. The van der Waals surface area contributed by atoms with Gasteiger partial charge in [0.15, 0.2) is 0 Å². The number of carbonyl (C=O) groups excluding carboxylic acids is 1. The normalized spacial score (nSPS) is 14.5. The number of thiophene rings is 1. The first kappa shape index (κ1) is 12.6. The first-order valence-electron chi connectivity index (χ1n) is 7.05. The molecular weight excluding hydrogens is 282 g/mol. The van der Waals surface area contributed by atoms with E-state index in [0.717, 1.165) is 41.0 Å². The molecule has 0 bridgehead atoms. The lowest BCUT2D eigenvalue weighted by Crippen LogP contribution is -2.26. The molecule has 1 amide bonds. The number of imidazole rings is 1. The molecule has 0 atom stereocenters. The molecule has 106 valence electrons. The highest BCUT2D eigenvalue weighted by molar-refractivity contribution is 7.08. The summed E-state index contributed by atoms with van der Waals surface area (Å²) in [4.78, 5) is 17.0. The van der Waals surface area contributed by atoms with Gasteiger partial charge in [0.2, 0.25) is 0 Å². The van der Waals surface area contributed by atoms with Crippen molar-refractivity contribution in [2.75, 3.05) is 0 Å². The van der Waals surface area contributed by atoms with E-state index in [1.165, 1.54) is 0 Å². The van der Waals surface area contributed by atoms with E-state index >= 15 is 0 Å². The average Bonchev–Trinajstić information content (AvgIpc) is 3.04. The van der Waals surface area contributed by atoms with Crippen LogP contribution in [0.5, 0.6) is 0 Å². The molecule has 5 heteroatoms. The van der Waals surface area contributed by atoms with Crippen LogP contribution in [0, 0.1) is 6.92 Å². The summed E-state index contributed by atoms with van der Waals surface area (Å²) in [6.07, 6.45) is 2.19. The van der Waals surface area contributed by atoms with Gasteiger partial charge in [-0.05, 0) is 31.9 Å². The Hall–Kier alpha value is -2.14. The lowest BCUT2D eigenvalue weighted by atomic mass is 10.2. The summed E-state index contributed by atoms with van der Waals surface area (Å²) in [6.45, 7) is 1.97. The molecule has 0 radical (unpaired) electrons. The Morgan fingerprint density at radius 1 is 1.33 bits per heavy atom. The Bertz CT molecular complexity index is 829. The number of amides is 1. The van der Waals surface area contributed by atoms with Crippen molar-refractivity contribution in [3.63, 3.8) is 0 Å². The Kier molecular flexibility index (Phi) is 2.82. The van der Waals surface area contributed by atoms with Crippen LogP contribution in [0.15, 0.2) is 35.0 Å². The standard InChI is InChI=1S/C16H15N3OS/c1-10-17-13-4-2-3-5-14(13)19(10)15-9-21-8-12(15)16(20)18-11-6-7-11/h2-5,8-9,11H,6-7H2,1H3,(H,18,20). The largest absolute Gasteiger partial charge is 0.349 e. The van der Waals surface area contributed by atoms with Crippen LogP contribution < -0.4 is 5.32 Å². The molecule has 4 nitrogen and oxygen atoms in total. The van der Waals surface area contributed by atoms with Crippen LogP contribution >= 0.6 is 11.3 Å². The van der Waals surface area contributed by atoms with Gasteiger partial charge in [0, 0.05) is 16.8 Å². The molecule has 4 rings (SSSR count). The quantitative estimate of drug-likeness (QED) is 0.806. The van der Waals surface area contributed by atoms with Crippen molar-refractivity contribution in [1.29, 1.82) is 0 Å². The zero-order chi connectivity index (χ0) is 14.4. The fourth-order valence-corrected chi connectivity index (χ4v) is 3.37. The predicted octanol–water partition coefficient (Wildman–Crippen LogP) is 3.29. The van der Waals surface area contributed by atoms with Gasteiger partial charge in [0.1, 0.15) is 5.82 Å². The van der Waals surface area contributed by atoms with Crippen LogP contribution in [0.2, 0.25) is 0 Å². The zero-order valence-electron chi connectivity index (χ0n) is 11.7. The van der Waals surface area contributed by atoms with E-state index in [2.05, 4.69) is 14.9 Å². The Morgan fingerprint density at radius 2 is 2.14 bits per heavy atom. The fourth-order valence-electron chi connectivity index (χ4n) is 2.57. The van der Waals surface area contributed by atoms with E-state index in [1.807, 2.05) is 41.9 Å². The molecule has 2 aromatic heterocycles. The van der Waals surface area contributed by atoms with E-state index < -0.39 is 0 Å². The highest BCUT2D eigenvalue weighted by Crippen LogP contribution is 2.27. The molecule has 0 spiro atoms. The minimum absolute atomic E-state index is 0.0194. The summed E-state index contributed by atoms with van der Waals surface area (Å²) in [5.41, 5.74) is 3.64. The zero-order valence-corrected chi connectivity index (χ0v) is 12.5. The summed E-state index contributed by atoms with van der Waals surface area (Å²) in [5, 5.41) is 6.99. The van der Waals surface area contributed by atoms with Crippen LogP contribution in [-0.2, 0) is 0 Å². The van der Waals surface area contributed by atoms with Crippen LogP contribution in [-0.4, -0.2) is 21.5 Å². The maximum Gasteiger partial charge on any atom is 0.254 e. The summed E-state index contributed by atoms with van der Waals surface area (Å²) >= 11 is 1.55. The summed E-state index contributed by atoms with van der Waals surface area (Å²) in [5.74, 6) is 0.918. The van der Waals surface area contributed by atoms with Crippen LogP contribution in [0.25, 0.3) is 16.7 Å². The highest BCUT2D eigenvalue weighted by Gasteiger charge is 2.26. The molecule has 21 heavy (non-hydrogen) atoms. The molecule has 1 fully saturated rings. The topological polar surface area (TPSA) is 46.9 Å². The summed E-state index contributed by atoms with van der Waals surface area (Å²) in [6, 6.07) is 8.37. The molecule has 2 heterocycles. The third-order valence-corrected chi connectivity index (χ3v) is 4.50. The third-order valence-electron chi connectivity index (χ3n) is 3.77. The van der Waals surface area contributed by atoms with Crippen molar-refractivity contribution in [2.24, 2.45) is 0 Å². The first-order valence-corrected chi connectivity index (χ1v) is 8.00. The number of hydrogen-bond acceptors (Lipinski definition) is 3. The van der Waals surface area contributed by atoms with Crippen molar-refractivity contribution < 1.29 is 4.79 Å². The van der Waals surface area contributed by atoms with Crippen molar-refractivity contribution >= 4 is 28.3 Å². The van der Waals surface area contributed by atoms with E-state index in [9.17, 15) is 4.79 Å². The molecule has 0 unspecified atom stereocenters. The number of nitrogens with one attached hydrogen (secondary N) is 1. The maximum absolute atomic E-state index is 12.4. The molecule has 1 saturated carbocycles. The van der Waals surface area contributed by atoms with E-state index in [4.69, 9.17) is 0 Å². The average molecular weight is 297 g/mol.